The first kappa shape index (κ1) is 42.9. The van der Waals surface area contributed by atoms with Gasteiger partial charge in [0.25, 0.3) is 0 Å². The molecule has 0 aliphatic carbocycles. The van der Waals surface area contributed by atoms with Gasteiger partial charge in [0.05, 0.1) is 201 Å². The van der Waals surface area contributed by atoms with E-state index in [-0.39, 0.29) is 62.0 Å². The van der Waals surface area contributed by atoms with Gasteiger partial charge in [-0.05, 0) is 0 Å². The first-order chi connectivity index (χ1) is 28.0. The molecule has 0 N–H and O–H groups in total. The van der Waals surface area contributed by atoms with Crippen molar-refractivity contribution in [1.82, 2.24) is 0 Å². The Labute approximate surface area is 335 Å². The monoisotopic (exact) mass is 820 g/mol. The maximum Gasteiger partial charge on any atom is 0.104 e. The fourth-order valence-electron chi connectivity index (χ4n) is 6.29. The maximum absolute atomic E-state index is 6.76. The summed E-state index contributed by atoms with van der Waals surface area (Å²) in [6, 6.07) is 0. The molecule has 0 aromatic heterocycles. The Bertz CT molecular complexity index is 971. The molecule has 8 fully saturated rings. The van der Waals surface area contributed by atoms with Gasteiger partial charge < -0.3 is 85.3 Å². The van der Waals surface area contributed by atoms with Crippen LogP contribution in [0.2, 0.25) is 0 Å². The molecule has 8 heterocycles. The highest BCUT2D eigenvalue weighted by Crippen LogP contribution is 2.30. The van der Waals surface area contributed by atoms with Crippen molar-refractivity contribution in [2.24, 2.45) is 16.2 Å². The minimum atomic E-state index is -0.705. The molecule has 18 nitrogen and oxygen atoms in total. The molecule has 0 aromatic carbocycles. The van der Waals surface area contributed by atoms with E-state index >= 15 is 0 Å². The Morgan fingerprint density at radius 2 is 0.351 bits per heavy atom. The topological polar surface area (TPSA) is 193 Å². The fraction of sp³-hybridized carbons (Fsp3) is 1.00. The third-order valence-electron chi connectivity index (χ3n) is 10.5. The Morgan fingerprint density at radius 1 is 0.228 bits per heavy atom. The number of rotatable bonds is 40. The van der Waals surface area contributed by atoms with Gasteiger partial charge in [0.2, 0.25) is 0 Å². The number of hydrogen-bond acceptors (Lipinski definition) is 18. The first-order valence-corrected chi connectivity index (χ1v) is 20.7. The van der Waals surface area contributed by atoms with E-state index < -0.39 is 16.2 Å². The quantitative estimate of drug-likeness (QED) is 0.0705. The van der Waals surface area contributed by atoms with Crippen LogP contribution in [0, 0.1) is 16.2 Å². The normalized spacial score (nSPS) is 33.3. The van der Waals surface area contributed by atoms with Crippen LogP contribution in [-0.4, -0.2) is 234 Å². The lowest BCUT2D eigenvalue weighted by atomic mass is 9.89. The van der Waals surface area contributed by atoms with Crippen LogP contribution in [0.1, 0.15) is 0 Å². The molecular formula is C39H64O18. The van der Waals surface area contributed by atoms with Crippen LogP contribution >= 0.6 is 0 Å². The van der Waals surface area contributed by atoms with Gasteiger partial charge in [-0.3, -0.25) is 0 Å². The molecule has 57 heavy (non-hydrogen) atoms. The second-order valence-corrected chi connectivity index (χ2v) is 17.2. The smallest absolute Gasteiger partial charge is 0.104 e. The lowest BCUT2D eigenvalue weighted by molar-refractivity contribution is -0.158. The molecule has 8 atom stereocenters. The van der Waals surface area contributed by atoms with E-state index in [4.69, 9.17) is 85.3 Å². The van der Waals surface area contributed by atoms with Gasteiger partial charge in [-0.2, -0.15) is 0 Å². The molecule has 8 unspecified atom stereocenters. The van der Waals surface area contributed by atoms with Crippen LogP contribution in [0.3, 0.4) is 0 Å². The Balaban J connectivity index is 0.945. The third-order valence-corrected chi connectivity index (χ3v) is 10.5. The summed E-state index contributed by atoms with van der Waals surface area (Å²) < 4.78 is 107. The second-order valence-electron chi connectivity index (χ2n) is 17.2. The fourth-order valence-corrected chi connectivity index (χ4v) is 6.29. The van der Waals surface area contributed by atoms with Crippen LogP contribution < -0.4 is 0 Å². The van der Waals surface area contributed by atoms with E-state index in [2.05, 4.69) is 0 Å². The zero-order valence-electron chi connectivity index (χ0n) is 33.3. The van der Waals surface area contributed by atoms with E-state index in [0.717, 1.165) is 0 Å². The zero-order valence-corrected chi connectivity index (χ0v) is 33.3. The highest BCUT2D eigenvalue weighted by molar-refractivity contribution is 4.87. The van der Waals surface area contributed by atoms with E-state index in [9.17, 15) is 0 Å². The minimum absolute atomic E-state index is 0.0891. The summed E-state index contributed by atoms with van der Waals surface area (Å²) in [6.45, 7) is 13.5. The molecule has 8 saturated heterocycles. The van der Waals surface area contributed by atoms with Gasteiger partial charge in [-0.25, -0.2) is 0 Å². The van der Waals surface area contributed by atoms with Crippen molar-refractivity contribution in [3.05, 3.63) is 0 Å². The molecular weight excluding hydrogens is 756 g/mol. The SMILES string of the molecule is C(OCC(COCC1CO1)(COCC1CO1)COCC(COCC1CO1)(COCC1CO1)COCC(COCC1CO1)(COCC1CO1)COCC1CO1)C1CO1. The van der Waals surface area contributed by atoms with Crippen LogP contribution in [0.15, 0.2) is 0 Å². The van der Waals surface area contributed by atoms with Gasteiger partial charge >= 0.3 is 0 Å². The number of hydrogen-bond donors (Lipinski definition) is 0. The van der Waals surface area contributed by atoms with E-state index in [1.807, 2.05) is 0 Å². The van der Waals surface area contributed by atoms with Crippen molar-refractivity contribution in [2.75, 3.05) is 185 Å². The average Bonchev–Trinajstić information content (AvgIpc) is 4.00. The summed E-state index contributed by atoms with van der Waals surface area (Å²) in [6.07, 6.45) is 0.898. The molecule has 0 amide bonds. The van der Waals surface area contributed by atoms with Crippen LogP contribution in [0.25, 0.3) is 0 Å². The highest BCUT2D eigenvalue weighted by Gasteiger charge is 2.42. The van der Waals surface area contributed by atoms with Crippen LogP contribution in [0.4, 0.5) is 0 Å². The predicted molar refractivity (Wildman–Crippen MR) is 193 cm³/mol. The van der Waals surface area contributed by atoms with Crippen molar-refractivity contribution in [2.45, 2.75) is 48.8 Å². The van der Waals surface area contributed by atoms with E-state index in [1.54, 1.807) is 0 Å². The largest absolute Gasteiger partial charge is 0.380 e. The summed E-state index contributed by atoms with van der Waals surface area (Å²) in [4.78, 5) is 0. The molecule has 8 aliphatic heterocycles. The molecule has 0 radical (unpaired) electrons. The molecule has 18 heteroatoms. The first-order valence-electron chi connectivity index (χ1n) is 20.7. The second kappa shape index (κ2) is 21.4. The van der Waals surface area contributed by atoms with Gasteiger partial charge in [0, 0.05) is 0 Å². The summed E-state index contributed by atoms with van der Waals surface area (Å²) in [5.41, 5.74) is -1.93. The summed E-state index contributed by atoms with van der Waals surface area (Å²) in [7, 11) is 0. The van der Waals surface area contributed by atoms with Crippen molar-refractivity contribution in [1.29, 1.82) is 0 Å². The molecule has 0 bridgehead atoms. The lowest BCUT2D eigenvalue weighted by Crippen LogP contribution is -2.48. The Hall–Kier alpha value is -0.720. The molecule has 0 saturated carbocycles. The minimum Gasteiger partial charge on any atom is -0.380 e. The zero-order chi connectivity index (χ0) is 38.6. The standard InChI is InChI=1S/C39H64O18/c1(29-9-50-29)40-17-37(18-41-2-30-10-51-30,19-42-3-31-11-52-31)25-48-27-39(23-46-7-35-15-56-35,24-47-8-36-16-57-36)28-49-26-38(20-43-4-32-12-53-32,21-44-5-33-13-54-33)22-45-6-34-14-55-34/h29-36H,1-28H2. The molecule has 328 valence electrons. The maximum atomic E-state index is 6.76. The Kier molecular flexibility index (Phi) is 16.1. The summed E-state index contributed by atoms with van der Waals surface area (Å²) in [5.74, 6) is 0. The van der Waals surface area contributed by atoms with Crippen molar-refractivity contribution in [3.8, 4) is 0 Å². The Morgan fingerprint density at radius 3 is 0.474 bits per heavy atom. The van der Waals surface area contributed by atoms with E-state index in [1.165, 1.54) is 0 Å². The van der Waals surface area contributed by atoms with Gasteiger partial charge in [-0.1, -0.05) is 0 Å². The van der Waals surface area contributed by atoms with E-state index in [0.29, 0.717) is 172 Å². The van der Waals surface area contributed by atoms with Crippen LogP contribution in [-0.2, 0) is 85.3 Å². The molecule has 0 spiro atoms. The van der Waals surface area contributed by atoms with Gasteiger partial charge in [0.15, 0.2) is 0 Å². The van der Waals surface area contributed by atoms with Crippen molar-refractivity contribution in [3.63, 3.8) is 0 Å². The van der Waals surface area contributed by atoms with Crippen molar-refractivity contribution >= 4 is 0 Å². The van der Waals surface area contributed by atoms with Gasteiger partial charge in [0.1, 0.15) is 48.8 Å². The van der Waals surface area contributed by atoms with Crippen LogP contribution in [0.5, 0.6) is 0 Å². The lowest BCUT2D eigenvalue weighted by Gasteiger charge is -2.38. The molecule has 8 aliphatic rings. The third kappa shape index (κ3) is 17.3. The predicted octanol–water partition coefficient (Wildman–Crippen LogP) is -0.698. The summed E-state index contributed by atoms with van der Waals surface area (Å²) in [5, 5.41) is 0. The van der Waals surface area contributed by atoms with Crippen molar-refractivity contribution < 1.29 is 85.3 Å². The van der Waals surface area contributed by atoms with Gasteiger partial charge in [-0.15, -0.1) is 0 Å². The molecule has 0 aromatic rings. The summed E-state index contributed by atoms with van der Waals surface area (Å²) >= 11 is 0. The molecule has 8 rings (SSSR count). The highest BCUT2D eigenvalue weighted by atomic mass is 16.6. The average molecular weight is 821 g/mol. The number of epoxide rings is 8. The number of ether oxygens (including phenoxy) is 18.